The predicted molar refractivity (Wildman–Crippen MR) is 63.0 cm³/mol. The van der Waals surface area contributed by atoms with Crippen molar-refractivity contribution in [2.45, 2.75) is 52.6 Å². The number of pyridine rings is 1. The van der Waals surface area contributed by atoms with Crippen molar-refractivity contribution in [3.63, 3.8) is 0 Å². The van der Waals surface area contributed by atoms with Gasteiger partial charge in [0.2, 0.25) is 0 Å². The van der Waals surface area contributed by atoms with E-state index in [0.717, 1.165) is 13.1 Å². The zero-order valence-electron chi connectivity index (χ0n) is 10.1. The Morgan fingerprint density at radius 2 is 1.87 bits per heavy atom. The topological polar surface area (TPSA) is 24.9 Å². The highest BCUT2D eigenvalue weighted by Crippen LogP contribution is 2.28. The van der Waals surface area contributed by atoms with Gasteiger partial charge in [-0.25, -0.2) is 0 Å². The molecule has 0 saturated carbocycles. The third-order valence-electron chi connectivity index (χ3n) is 3.03. The van der Waals surface area contributed by atoms with Gasteiger partial charge in [0.05, 0.1) is 5.69 Å². The molecule has 0 bridgehead atoms. The summed E-state index contributed by atoms with van der Waals surface area (Å²) in [7, 11) is 0. The summed E-state index contributed by atoms with van der Waals surface area (Å²) in [6.45, 7) is 10.9. The van der Waals surface area contributed by atoms with Crippen molar-refractivity contribution in [1.82, 2.24) is 10.3 Å². The van der Waals surface area contributed by atoms with Crippen LogP contribution in [0.5, 0.6) is 0 Å². The molecule has 0 unspecified atom stereocenters. The molecule has 0 spiro atoms. The highest BCUT2D eigenvalue weighted by molar-refractivity contribution is 5.36. The first-order valence-corrected chi connectivity index (χ1v) is 5.83. The second kappa shape index (κ2) is 3.93. The van der Waals surface area contributed by atoms with E-state index in [1.54, 1.807) is 0 Å². The lowest BCUT2D eigenvalue weighted by molar-refractivity contribution is 0.737. The fourth-order valence-electron chi connectivity index (χ4n) is 2.17. The number of aromatic nitrogens is 1. The van der Waals surface area contributed by atoms with Crippen LogP contribution in [0.3, 0.4) is 0 Å². The minimum Gasteiger partial charge on any atom is -0.307 e. The van der Waals surface area contributed by atoms with Crippen LogP contribution in [-0.4, -0.2) is 4.98 Å². The zero-order chi connectivity index (χ0) is 11.0. The van der Waals surface area contributed by atoms with E-state index in [-0.39, 0.29) is 0 Å². The molecule has 0 atom stereocenters. The van der Waals surface area contributed by atoms with E-state index in [2.05, 4.69) is 39.1 Å². The molecule has 1 aromatic heterocycles. The molecular weight excluding hydrogens is 184 g/mol. The molecule has 1 aromatic rings. The molecule has 0 amide bonds. The van der Waals surface area contributed by atoms with Gasteiger partial charge in [0.25, 0.3) is 0 Å². The van der Waals surface area contributed by atoms with E-state index in [9.17, 15) is 0 Å². The molecule has 2 heterocycles. The average Bonchev–Trinajstić information content (AvgIpc) is 2.61. The molecular formula is C13H20N2. The highest BCUT2D eigenvalue weighted by atomic mass is 14.9. The first kappa shape index (κ1) is 10.6. The highest BCUT2D eigenvalue weighted by Gasteiger charge is 2.18. The first-order chi connectivity index (χ1) is 7.09. The van der Waals surface area contributed by atoms with Crippen LogP contribution in [0.25, 0.3) is 0 Å². The minimum absolute atomic E-state index is 0.522. The van der Waals surface area contributed by atoms with Gasteiger partial charge in [0.1, 0.15) is 0 Å². The zero-order valence-corrected chi connectivity index (χ0v) is 10.1. The van der Waals surface area contributed by atoms with E-state index in [1.807, 2.05) is 0 Å². The van der Waals surface area contributed by atoms with Gasteiger partial charge in [-0.15, -0.1) is 0 Å². The molecule has 1 N–H and O–H groups in total. The van der Waals surface area contributed by atoms with E-state index in [1.165, 1.54) is 22.5 Å². The van der Waals surface area contributed by atoms with E-state index in [4.69, 9.17) is 4.98 Å². The number of hydrogen-bond donors (Lipinski definition) is 1. The molecule has 82 valence electrons. The summed E-state index contributed by atoms with van der Waals surface area (Å²) in [5.41, 5.74) is 5.35. The van der Waals surface area contributed by atoms with Gasteiger partial charge in [-0.1, -0.05) is 33.8 Å². The number of fused-ring (bicyclic) bond motifs is 1. The molecule has 2 rings (SSSR count). The molecule has 2 nitrogen and oxygen atoms in total. The Morgan fingerprint density at radius 1 is 1.13 bits per heavy atom. The predicted octanol–water partition coefficient (Wildman–Crippen LogP) is 2.93. The van der Waals surface area contributed by atoms with Gasteiger partial charge in [-0.05, 0) is 23.0 Å². The summed E-state index contributed by atoms with van der Waals surface area (Å²) in [5, 5.41) is 3.36. The Morgan fingerprint density at radius 3 is 2.47 bits per heavy atom. The fraction of sp³-hybridized carbons (Fsp3) is 0.615. The Bertz CT molecular complexity index is 332. The quantitative estimate of drug-likeness (QED) is 0.801. The molecule has 1 aliphatic rings. The lowest BCUT2D eigenvalue weighted by Gasteiger charge is -2.16. The van der Waals surface area contributed by atoms with Crippen molar-refractivity contribution in [1.29, 1.82) is 0 Å². The monoisotopic (exact) mass is 204 g/mol. The minimum atomic E-state index is 0.522. The van der Waals surface area contributed by atoms with Crippen LogP contribution in [0.2, 0.25) is 0 Å². The van der Waals surface area contributed by atoms with E-state index in [0.29, 0.717) is 11.8 Å². The van der Waals surface area contributed by atoms with Crippen molar-refractivity contribution in [2.24, 2.45) is 0 Å². The maximum Gasteiger partial charge on any atom is 0.0590 e. The van der Waals surface area contributed by atoms with Gasteiger partial charge < -0.3 is 5.32 Å². The van der Waals surface area contributed by atoms with Crippen molar-refractivity contribution in [3.05, 3.63) is 28.6 Å². The van der Waals surface area contributed by atoms with Crippen molar-refractivity contribution in [2.75, 3.05) is 0 Å². The maximum absolute atomic E-state index is 4.81. The standard InChI is InChI=1S/C13H20N2/c1-8(2)11-5-10-6-14-7-12(10)15-13(11)9(3)4/h5,8-9,14H,6-7H2,1-4H3. The largest absolute Gasteiger partial charge is 0.307 e. The number of nitrogens with one attached hydrogen (secondary N) is 1. The Hall–Kier alpha value is -0.890. The summed E-state index contributed by atoms with van der Waals surface area (Å²) in [6.07, 6.45) is 0. The summed E-state index contributed by atoms with van der Waals surface area (Å²) in [6, 6.07) is 2.35. The molecule has 0 saturated heterocycles. The number of nitrogens with zero attached hydrogens (tertiary/aromatic N) is 1. The van der Waals surface area contributed by atoms with Crippen LogP contribution in [-0.2, 0) is 13.1 Å². The SMILES string of the molecule is CC(C)c1cc2c(nc1C(C)C)CNC2. The van der Waals surface area contributed by atoms with Crippen LogP contribution >= 0.6 is 0 Å². The van der Waals surface area contributed by atoms with Crippen molar-refractivity contribution in [3.8, 4) is 0 Å². The lowest BCUT2D eigenvalue weighted by atomic mass is 9.93. The second-order valence-corrected chi connectivity index (χ2v) is 4.98. The normalized spacial score (nSPS) is 15.1. The van der Waals surface area contributed by atoms with E-state index < -0.39 is 0 Å². The summed E-state index contributed by atoms with van der Waals surface area (Å²) < 4.78 is 0. The molecule has 0 radical (unpaired) electrons. The molecule has 2 heteroatoms. The Labute approximate surface area is 92.1 Å². The third kappa shape index (κ3) is 1.91. The molecule has 15 heavy (non-hydrogen) atoms. The van der Waals surface area contributed by atoms with Gasteiger partial charge in [-0.3, -0.25) is 4.98 Å². The van der Waals surface area contributed by atoms with Gasteiger partial charge >= 0.3 is 0 Å². The third-order valence-corrected chi connectivity index (χ3v) is 3.03. The molecule has 0 aromatic carbocycles. The van der Waals surface area contributed by atoms with Gasteiger partial charge in [0, 0.05) is 18.8 Å². The van der Waals surface area contributed by atoms with Crippen molar-refractivity contribution >= 4 is 0 Å². The lowest BCUT2D eigenvalue weighted by Crippen LogP contribution is -2.05. The fourth-order valence-corrected chi connectivity index (χ4v) is 2.17. The van der Waals surface area contributed by atoms with Crippen LogP contribution in [0.1, 0.15) is 62.0 Å². The van der Waals surface area contributed by atoms with Gasteiger partial charge in [-0.2, -0.15) is 0 Å². The molecule has 1 aliphatic heterocycles. The summed E-state index contributed by atoms with van der Waals surface area (Å²) in [4.78, 5) is 4.81. The number of hydrogen-bond acceptors (Lipinski definition) is 2. The number of rotatable bonds is 2. The Balaban J connectivity index is 2.52. The second-order valence-electron chi connectivity index (χ2n) is 4.98. The molecule has 0 fully saturated rings. The smallest absolute Gasteiger partial charge is 0.0590 e. The Kier molecular flexibility index (Phi) is 2.79. The van der Waals surface area contributed by atoms with Crippen LogP contribution < -0.4 is 5.32 Å². The van der Waals surface area contributed by atoms with Crippen LogP contribution in [0, 0.1) is 0 Å². The first-order valence-electron chi connectivity index (χ1n) is 5.83. The maximum atomic E-state index is 4.81. The van der Waals surface area contributed by atoms with E-state index >= 15 is 0 Å². The molecule has 0 aliphatic carbocycles. The average molecular weight is 204 g/mol. The van der Waals surface area contributed by atoms with Crippen LogP contribution in [0.4, 0.5) is 0 Å². The van der Waals surface area contributed by atoms with Crippen LogP contribution in [0.15, 0.2) is 6.07 Å². The van der Waals surface area contributed by atoms with Gasteiger partial charge in [0.15, 0.2) is 0 Å². The summed E-state index contributed by atoms with van der Waals surface area (Å²) >= 11 is 0. The summed E-state index contributed by atoms with van der Waals surface area (Å²) in [5.74, 6) is 1.09. The van der Waals surface area contributed by atoms with Crippen molar-refractivity contribution < 1.29 is 0 Å².